The zero-order valence-electron chi connectivity index (χ0n) is 21.0. The van der Waals surface area contributed by atoms with Crippen molar-refractivity contribution in [3.8, 4) is 5.75 Å². The lowest BCUT2D eigenvalue weighted by molar-refractivity contribution is -0.131. The van der Waals surface area contributed by atoms with Crippen LogP contribution in [-0.4, -0.2) is 79.7 Å². The van der Waals surface area contributed by atoms with Crippen LogP contribution in [0.3, 0.4) is 0 Å². The molecule has 0 radical (unpaired) electrons. The Balaban J connectivity index is 1.28. The summed E-state index contributed by atoms with van der Waals surface area (Å²) >= 11 is 0. The lowest BCUT2D eigenvalue weighted by atomic mass is 9.84. The third-order valence-corrected chi connectivity index (χ3v) is 7.32. The number of Topliss-reactive ketones (excluding diaryl/α,β-unsaturated/α-hetero) is 1. The minimum Gasteiger partial charge on any atom is -0.491 e. The molecular formula is C26H35N5O5. The number of benzene rings is 1. The summed E-state index contributed by atoms with van der Waals surface area (Å²) in [5.74, 6) is 0.611. The number of amides is 1. The van der Waals surface area contributed by atoms with Crippen molar-refractivity contribution in [2.75, 3.05) is 19.7 Å². The van der Waals surface area contributed by atoms with Crippen molar-refractivity contribution in [3.63, 3.8) is 0 Å². The summed E-state index contributed by atoms with van der Waals surface area (Å²) in [6.07, 6.45) is 2.66. The average Bonchev–Trinajstić information content (AvgIpc) is 3.45. The smallest absolute Gasteiger partial charge is 0.237 e. The predicted octanol–water partition coefficient (Wildman–Crippen LogP) is 1.36. The quantitative estimate of drug-likeness (QED) is 0.523. The van der Waals surface area contributed by atoms with E-state index in [1.165, 1.54) is 0 Å². The summed E-state index contributed by atoms with van der Waals surface area (Å²) in [6, 6.07) is 5.33. The van der Waals surface area contributed by atoms with Crippen LogP contribution in [0.5, 0.6) is 5.75 Å². The van der Waals surface area contributed by atoms with Crippen LogP contribution in [0.1, 0.15) is 69.4 Å². The molecule has 0 spiro atoms. The summed E-state index contributed by atoms with van der Waals surface area (Å²) in [5.41, 5.74) is 1.12. The topological polar surface area (TPSA) is 130 Å². The summed E-state index contributed by atoms with van der Waals surface area (Å²) in [6.45, 7) is 6.32. The number of β-amino-alcohol motifs (C(OH)–C–C–N with tert-alkyl or cyclic N) is 1. The molecule has 2 unspecified atom stereocenters. The maximum atomic E-state index is 13.6. The van der Waals surface area contributed by atoms with Crippen molar-refractivity contribution >= 4 is 11.7 Å². The highest BCUT2D eigenvalue weighted by Gasteiger charge is 2.42. The molecule has 1 saturated carbocycles. The SMILES string of the molecule is CC(C)(C)[C@@H](C(=O)CN1C[C@H](O)C[C@H]1C(=O)NC1COc2ccccc2C1O)n1cc(C2CC2)nn1. The van der Waals surface area contributed by atoms with Crippen molar-refractivity contribution in [1.82, 2.24) is 25.2 Å². The number of aliphatic hydroxyl groups excluding tert-OH is 2. The second-order valence-corrected chi connectivity index (χ2v) is 11.4. The van der Waals surface area contributed by atoms with Gasteiger partial charge in [0.25, 0.3) is 0 Å². The van der Waals surface area contributed by atoms with Crippen molar-refractivity contribution in [3.05, 3.63) is 41.7 Å². The van der Waals surface area contributed by atoms with Gasteiger partial charge in [-0.1, -0.05) is 44.2 Å². The van der Waals surface area contributed by atoms with E-state index in [9.17, 15) is 19.8 Å². The van der Waals surface area contributed by atoms with Crippen molar-refractivity contribution in [2.45, 2.75) is 76.3 Å². The Morgan fingerprint density at radius 1 is 1.22 bits per heavy atom. The number of likely N-dealkylation sites (tertiary alicyclic amines) is 1. The number of carbonyl (C=O) groups excluding carboxylic acids is 2. The van der Waals surface area contributed by atoms with Gasteiger partial charge in [-0.15, -0.1) is 5.10 Å². The van der Waals surface area contributed by atoms with Gasteiger partial charge in [0.15, 0.2) is 5.78 Å². The highest BCUT2D eigenvalue weighted by Crippen LogP contribution is 2.40. The highest BCUT2D eigenvalue weighted by molar-refractivity contribution is 5.87. The van der Waals surface area contributed by atoms with Crippen LogP contribution in [-0.2, 0) is 9.59 Å². The Hall–Kier alpha value is -2.82. The van der Waals surface area contributed by atoms with Crippen molar-refractivity contribution < 1.29 is 24.5 Å². The molecule has 3 aliphatic rings. The Morgan fingerprint density at radius 2 is 1.97 bits per heavy atom. The van der Waals surface area contributed by atoms with Crippen LogP contribution in [0.2, 0.25) is 0 Å². The molecule has 1 saturated heterocycles. The van der Waals surface area contributed by atoms with E-state index in [-0.39, 0.29) is 37.8 Å². The van der Waals surface area contributed by atoms with Crippen LogP contribution in [0, 0.1) is 5.41 Å². The Bertz CT molecular complexity index is 1120. The van der Waals surface area contributed by atoms with Crippen LogP contribution >= 0.6 is 0 Å². The molecule has 5 atom stereocenters. The summed E-state index contributed by atoms with van der Waals surface area (Å²) < 4.78 is 7.37. The third-order valence-electron chi connectivity index (χ3n) is 7.32. The molecule has 10 nitrogen and oxygen atoms in total. The van der Waals surface area contributed by atoms with E-state index in [2.05, 4.69) is 15.6 Å². The first-order chi connectivity index (χ1) is 17.1. The minimum absolute atomic E-state index is 0.00224. The molecule has 1 amide bonds. The normalized spacial score (nSPS) is 27.2. The Morgan fingerprint density at radius 3 is 2.69 bits per heavy atom. The second kappa shape index (κ2) is 9.57. The maximum Gasteiger partial charge on any atom is 0.237 e. The van der Waals surface area contributed by atoms with Gasteiger partial charge in [0.1, 0.15) is 24.5 Å². The van der Waals surface area contributed by atoms with Crippen LogP contribution < -0.4 is 10.1 Å². The maximum absolute atomic E-state index is 13.6. The highest BCUT2D eigenvalue weighted by atomic mass is 16.5. The van der Waals surface area contributed by atoms with E-state index < -0.39 is 35.7 Å². The lowest BCUT2D eigenvalue weighted by Gasteiger charge is -2.33. The molecule has 1 aromatic heterocycles. The summed E-state index contributed by atoms with van der Waals surface area (Å²) in [4.78, 5) is 28.6. The number of rotatable bonds is 7. The van der Waals surface area contributed by atoms with Gasteiger partial charge in [0, 0.05) is 24.2 Å². The Kier molecular flexibility index (Phi) is 6.61. The van der Waals surface area contributed by atoms with E-state index in [1.54, 1.807) is 21.7 Å². The third kappa shape index (κ3) is 5.02. The van der Waals surface area contributed by atoms with Gasteiger partial charge < -0.3 is 20.3 Å². The number of hydrogen-bond donors (Lipinski definition) is 3. The van der Waals surface area contributed by atoms with Crippen molar-refractivity contribution in [1.29, 1.82) is 0 Å². The van der Waals surface area contributed by atoms with Gasteiger partial charge in [-0.2, -0.15) is 0 Å². The number of para-hydroxylation sites is 1. The first-order valence-electron chi connectivity index (χ1n) is 12.7. The molecule has 1 aliphatic carbocycles. The first kappa shape index (κ1) is 24.9. The van der Waals surface area contributed by atoms with Gasteiger partial charge in [-0.3, -0.25) is 14.5 Å². The summed E-state index contributed by atoms with van der Waals surface area (Å²) in [5, 5.41) is 32.6. The van der Waals surface area contributed by atoms with Crippen LogP contribution in [0.15, 0.2) is 30.5 Å². The predicted molar refractivity (Wildman–Crippen MR) is 130 cm³/mol. The molecule has 0 bridgehead atoms. The number of aliphatic hydroxyl groups is 2. The number of fused-ring (bicyclic) bond motifs is 1. The van der Waals surface area contributed by atoms with Gasteiger partial charge in [0.05, 0.1) is 30.4 Å². The fourth-order valence-corrected chi connectivity index (χ4v) is 5.37. The number of ether oxygens (including phenoxy) is 1. The lowest BCUT2D eigenvalue weighted by Crippen LogP contribution is -2.53. The Labute approximate surface area is 210 Å². The second-order valence-electron chi connectivity index (χ2n) is 11.4. The molecule has 3 N–H and O–H groups in total. The number of nitrogens with zero attached hydrogens (tertiary/aromatic N) is 4. The molecule has 1 aromatic carbocycles. The van der Waals surface area contributed by atoms with Crippen LogP contribution in [0.25, 0.3) is 0 Å². The zero-order chi connectivity index (χ0) is 25.6. The molecular weight excluding hydrogens is 462 g/mol. The number of aromatic nitrogens is 3. The molecule has 36 heavy (non-hydrogen) atoms. The van der Waals surface area contributed by atoms with Gasteiger partial charge in [-0.05, 0) is 30.7 Å². The minimum atomic E-state index is -0.904. The fraction of sp³-hybridized carbons (Fsp3) is 0.615. The number of nitrogens with one attached hydrogen (secondary N) is 1. The fourth-order valence-electron chi connectivity index (χ4n) is 5.37. The van der Waals surface area contributed by atoms with Gasteiger partial charge >= 0.3 is 0 Å². The van der Waals surface area contributed by atoms with E-state index in [4.69, 9.17) is 4.74 Å². The molecule has 10 heteroatoms. The molecule has 2 aliphatic heterocycles. The van der Waals surface area contributed by atoms with Crippen LogP contribution in [0.4, 0.5) is 0 Å². The first-order valence-corrected chi connectivity index (χ1v) is 12.7. The molecule has 2 fully saturated rings. The van der Waals surface area contributed by atoms with Crippen molar-refractivity contribution in [2.24, 2.45) is 5.41 Å². The van der Waals surface area contributed by atoms with Gasteiger partial charge in [-0.25, -0.2) is 4.68 Å². The molecule has 5 rings (SSSR count). The summed E-state index contributed by atoms with van der Waals surface area (Å²) in [7, 11) is 0. The van der Waals surface area contributed by atoms with E-state index in [0.29, 0.717) is 17.2 Å². The van der Waals surface area contributed by atoms with E-state index in [1.807, 2.05) is 39.1 Å². The van der Waals surface area contributed by atoms with E-state index >= 15 is 0 Å². The molecule has 2 aromatic rings. The zero-order valence-corrected chi connectivity index (χ0v) is 21.0. The van der Waals surface area contributed by atoms with Gasteiger partial charge in [0.2, 0.25) is 5.91 Å². The monoisotopic (exact) mass is 497 g/mol. The van der Waals surface area contributed by atoms with E-state index in [0.717, 1.165) is 18.5 Å². The number of ketones is 1. The number of hydrogen-bond acceptors (Lipinski definition) is 8. The average molecular weight is 498 g/mol. The molecule has 3 heterocycles. The number of carbonyl (C=O) groups is 2. The largest absolute Gasteiger partial charge is 0.491 e. The molecule has 194 valence electrons. The standard InChI is InChI=1S/C26H35N5O5/c1-26(2,3)24(31-12-18(28-29-31)15-8-9-15)21(33)13-30-11-16(32)10-20(30)25(35)27-19-14-36-22-7-5-4-6-17(22)23(19)34/h4-7,12,15-16,19-20,23-24,32,34H,8-11,13-14H2,1-3H3,(H,27,35)/t16-,19?,20+,23?,24-/m1/s1.